The van der Waals surface area contributed by atoms with Crippen molar-refractivity contribution in [3.63, 3.8) is 0 Å². The van der Waals surface area contributed by atoms with Crippen molar-refractivity contribution in [3.05, 3.63) is 83.7 Å². The van der Waals surface area contributed by atoms with Gasteiger partial charge in [0.1, 0.15) is 10.7 Å². The molecule has 0 unspecified atom stereocenters. The second kappa shape index (κ2) is 8.51. The predicted molar refractivity (Wildman–Crippen MR) is 127 cm³/mol. The molecular formula is C26H24FN3O3S. The van der Waals surface area contributed by atoms with Crippen molar-refractivity contribution < 1.29 is 17.9 Å². The van der Waals surface area contributed by atoms with Gasteiger partial charge in [0.2, 0.25) is 10.0 Å². The molecule has 2 heterocycles. The number of aliphatic hydroxyl groups excluding tert-OH is 1. The molecule has 3 atom stereocenters. The van der Waals surface area contributed by atoms with Gasteiger partial charge in [-0.05, 0) is 59.5 Å². The molecule has 3 aromatic rings. The number of aliphatic hydroxyl groups is 1. The topological polar surface area (TPSA) is 84.6 Å². The van der Waals surface area contributed by atoms with Crippen LogP contribution in [-0.4, -0.2) is 44.1 Å². The van der Waals surface area contributed by atoms with E-state index in [2.05, 4.69) is 6.07 Å². The van der Waals surface area contributed by atoms with Crippen LogP contribution in [0, 0.1) is 23.1 Å². The van der Waals surface area contributed by atoms with Gasteiger partial charge in [0.25, 0.3) is 0 Å². The zero-order valence-electron chi connectivity index (χ0n) is 18.6. The zero-order chi connectivity index (χ0) is 24.0. The molecule has 8 heteroatoms. The van der Waals surface area contributed by atoms with Gasteiger partial charge in [-0.1, -0.05) is 30.3 Å². The van der Waals surface area contributed by atoms with Crippen molar-refractivity contribution >= 4 is 15.7 Å². The molecule has 0 aromatic heterocycles. The molecule has 2 aliphatic heterocycles. The van der Waals surface area contributed by atoms with E-state index in [1.165, 1.54) is 22.5 Å². The van der Waals surface area contributed by atoms with Crippen LogP contribution in [0.4, 0.5) is 10.1 Å². The SMILES string of the molecule is CN1c2ccc(-c3cccc(C#N)c3)cc2[C@@H]2[C@@H](CCN2S(=O)(=O)c2ccccc2F)[C@@H]1CO. The third-order valence-electron chi connectivity index (χ3n) is 7.05. The van der Waals surface area contributed by atoms with Crippen molar-refractivity contribution in [3.8, 4) is 17.2 Å². The van der Waals surface area contributed by atoms with E-state index in [9.17, 15) is 23.2 Å². The summed E-state index contributed by atoms with van der Waals surface area (Å²) in [5, 5.41) is 19.5. The molecule has 1 N–H and O–H groups in total. The summed E-state index contributed by atoms with van der Waals surface area (Å²) in [7, 11) is -2.20. The molecule has 34 heavy (non-hydrogen) atoms. The van der Waals surface area contributed by atoms with E-state index in [4.69, 9.17) is 0 Å². The quantitative estimate of drug-likeness (QED) is 0.616. The van der Waals surface area contributed by atoms with Gasteiger partial charge < -0.3 is 10.0 Å². The van der Waals surface area contributed by atoms with Gasteiger partial charge in [-0.3, -0.25) is 0 Å². The highest BCUT2D eigenvalue weighted by Gasteiger charge is 2.50. The van der Waals surface area contributed by atoms with Crippen LogP contribution in [0.2, 0.25) is 0 Å². The standard InChI is InChI=1S/C26H24FN3O3S/c1-29-23-10-9-19(18-6-4-5-17(13-18)15-28)14-21(23)26-20(24(29)16-31)11-12-30(26)34(32,33)25-8-3-2-7-22(25)27/h2-10,13-14,20,24,26,31H,11-12,16H2,1H3/t20-,24-,26-/m0/s1. The van der Waals surface area contributed by atoms with E-state index in [0.717, 1.165) is 28.4 Å². The van der Waals surface area contributed by atoms with Crippen molar-refractivity contribution in [2.75, 3.05) is 25.1 Å². The molecule has 0 bridgehead atoms. The number of rotatable bonds is 4. The van der Waals surface area contributed by atoms with Crippen molar-refractivity contribution in [1.29, 1.82) is 5.26 Å². The normalized spacial score (nSPS) is 22.2. The number of fused-ring (bicyclic) bond motifs is 3. The van der Waals surface area contributed by atoms with Gasteiger partial charge in [-0.15, -0.1) is 0 Å². The molecule has 6 nitrogen and oxygen atoms in total. The van der Waals surface area contributed by atoms with Crippen LogP contribution in [0.15, 0.2) is 71.6 Å². The van der Waals surface area contributed by atoms with Crippen LogP contribution in [-0.2, 0) is 10.0 Å². The second-order valence-corrected chi connectivity index (χ2v) is 10.6. The maximum atomic E-state index is 14.5. The Morgan fingerprint density at radius 1 is 1.09 bits per heavy atom. The number of halogens is 1. The fourth-order valence-electron chi connectivity index (χ4n) is 5.41. The molecule has 0 radical (unpaired) electrons. The molecule has 0 amide bonds. The van der Waals surface area contributed by atoms with Crippen molar-refractivity contribution in [2.24, 2.45) is 5.92 Å². The molecule has 3 aromatic carbocycles. The van der Waals surface area contributed by atoms with E-state index in [1.54, 1.807) is 12.1 Å². The first-order chi connectivity index (χ1) is 16.4. The second-order valence-electron chi connectivity index (χ2n) is 8.77. The first-order valence-electron chi connectivity index (χ1n) is 11.1. The van der Waals surface area contributed by atoms with Crippen molar-refractivity contribution in [2.45, 2.75) is 23.4 Å². The fourth-order valence-corrected chi connectivity index (χ4v) is 7.14. The van der Waals surface area contributed by atoms with Crippen LogP contribution in [0.3, 0.4) is 0 Å². The molecule has 0 aliphatic carbocycles. The summed E-state index contributed by atoms with van der Waals surface area (Å²) >= 11 is 0. The van der Waals surface area contributed by atoms with Gasteiger partial charge in [0.15, 0.2) is 0 Å². The van der Waals surface area contributed by atoms with Gasteiger partial charge >= 0.3 is 0 Å². The number of likely N-dealkylation sites (N-methyl/N-ethyl adjacent to an activating group) is 1. The highest BCUT2D eigenvalue weighted by Crippen LogP contribution is 2.51. The van der Waals surface area contributed by atoms with Crippen LogP contribution in [0.25, 0.3) is 11.1 Å². The molecule has 2 aliphatic rings. The molecule has 0 spiro atoms. The Kier molecular flexibility index (Phi) is 5.64. The maximum absolute atomic E-state index is 14.5. The smallest absolute Gasteiger partial charge is 0.246 e. The first kappa shape index (κ1) is 22.5. The minimum absolute atomic E-state index is 0.114. The lowest BCUT2D eigenvalue weighted by atomic mass is 9.81. The summed E-state index contributed by atoms with van der Waals surface area (Å²) in [6.45, 7) is 0.126. The summed E-state index contributed by atoms with van der Waals surface area (Å²) < 4.78 is 43.1. The fraction of sp³-hybridized carbons (Fsp3) is 0.269. The van der Waals surface area contributed by atoms with E-state index >= 15 is 0 Å². The Hall–Kier alpha value is -3.25. The minimum atomic E-state index is -4.10. The maximum Gasteiger partial charge on any atom is 0.246 e. The third-order valence-corrected chi connectivity index (χ3v) is 8.97. The number of benzene rings is 3. The molecule has 1 saturated heterocycles. The van der Waals surface area contributed by atoms with Crippen LogP contribution < -0.4 is 4.90 Å². The van der Waals surface area contributed by atoms with E-state index in [1.807, 2.05) is 42.3 Å². The van der Waals surface area contributed by atoms with Crippen LogP contribution in [0.5, 0.6) is 0 Å². The lowest BCUT2D eigenvalue weighted by molar-refractivity contribution is 0.193. The molecule has 174 valence electrons. The monoisotopic (exact) mass is 477 g/mol. The van der Waals surface area contributed by atoms with E-state index in [0.29, 0.717) is 12.0 Å². The minimum Gasteiger partial charge on any atom is -0.394 e. The average molecular weight is 478 g/mol. The third kappa shape index (κ3) is 3.48. The highest BCUT2D eigenvalue weighted by atomic mass is 32.2. The first-order valence-corrected chi connectivity index (χ1v) is 12.6. The van der Waals surface area contributed by atoms with Crippen LogP contribution >= 0.6 is 0 Å². The number of hydrogen-bond acceptors (Lipinski definition) is 5. The highest BCUT2D eigenvalue weighted by molar-refractivity contribution is 7.89. The largest absolute Gasteiger partial charge is 0.394 e. The summed E-state index contributed by atoms with van der Waals surface area (Å²) in [4.78, 5) is 1.67. The Morgan fingerprint density at radius 2 is 1.85 bits per heavy atom. The Morgan fingerprint density at radius 3 is 2.59 bits per heavy atom. The number of nitriles is 1. The lowest BCUT2D eigenvalue weighted by Crippen LogP contribution is -2.48. The number of sulfonamides is 1. The summed E-state index contributed by atoms with van der Waals surface area (Å²) in [6, 6.07) is 19.9. The van der Waals surface area contributed by atoms with E-state index in [-0.39, 0.29) is 30.0 Å². The summed E-state index contributed by atoms with van der Waals surface area (Å²) in [5.41, 5.74) is 3.90. The molecule has 5 rings (SSSR count). The Balaban J connectivity index is 1.66. The van der Waals surface area contributed by atoms with Crippen molar-refractivity contribution in [1.82, 2.24) is 4.31 Å². The number of nitrogens with zero attached hydrogens (tertiary/aromatic N) is 3. The molecule has 0 saturated carbocycles. The Bertz CT molecular complexity index is 1400. The molecular weight excluding hydrogens is 453 g/mol. The lowest BCUT2D eigenvalue weighted by Gasteiger charge is -2.44. The Labute approximate surface area is 198 Å². The number of anilines is 1. The molecule has 1 fully saturated rings. The van der Waals surface area contributed by atoms with Gasteiger partial charge in [0, 0.05) is 25.2 Å². The summed E-state index contributed by atoms with van der Waals surface area (Å²) in [6.07, 6.45) is 0.557. The van der Waals surface area contributed by atoms with E-state index < -0.39 is 21.9 Å². The zero-order valence-corrected chi connectivity index (χ0v) is 19.4. The van der Waals surface area contributed by atoms with Gasteiger partial charge in [-0.25, -0.2) is 12.8 Å². The average Bonchev–Trinajstić information content (AvgIpc) is 3.30. The van der Waals surface area contributed by atoms with Crippen LogP contribution in [0.1, 0.15) is 23.6 Å². The summed E-state index contributed by atoms with van der Waals surface area (Å²) in [5.74, 6) is -0.926. The predicted octanol–water partition coefficient (Wildman–Crippen LogP) is 3.93. The van der Waals surface area contributed by atoms with Gasteiger partial charge in [0.05, 0.1) is 30.3 Å². The van der Waals surface area contributed by atoms with Gasteiger partial charge in [-0.2, -0.15) is 9.57 Å². The number of hydrogen-bond donors (Lipinski definition) is 1.